The molecule has 0 unspecified atom stereocenters. The maximum absolute atomic E-state index is 12.7. The van der Waals surface area contributed by atoms with Crippen LogP contribution in [0.2, 0.25) is 0 Å². The lowest BCUT2D eigenvalue weighted by Crippen LogP contribution is -2.20. The van der Waals surface area contributed by atoms with Crippen molar-refractivity contribution in [2.75, 3.05) is 39.1 Å². The topological polar surface area (TPSA) is 107 Å². The monoisotopic (exact) mass is 412 g/mol. The lowest BCUT2D eigenvalue weighted by Gasteiger charge is -2.13. The van der Waals surface area contributed by atoms with Crippen molar-refractivity contribution >= 4 is 17.4 Å². The zero-order chi connectivity index (χ0) is 21.7. The molecule has 0 saturated heterocycles. The standard InChI is InChI=1S/C21H24N4O5/c1-12-19(20(25-24-12)13-6-9-16(28-3)18(10-13)30-5)23-21(26)22-15-8-7-14(27-2)11-17(15)29-4/h6-11H,1-5H3,(H,24,25)(H2,22,23,26). The number of methoxy groups -OCH3 is 4. The highest BCUT2D eigenvalue weighted by molar-refractivity contribution is 6.03. The second-order valence-corrected chi connectivity index (χ2v) is 6.29. The highest BCUT2D eigenvalue weighted by atomic mass is 16.5. The van der Waals surface area contributed by atoms with Crippen LogP contribution in [0.5, 0.6) is 23.0 Å². The normalized spacial score (nSPS) is 10.3. The van der Waals surface area contributed by atoms with Crippen LogP contribution in [-0.2, 0) is 0 Å². The molecule has 0 radical (unpaired) electrons. The lowest BCUT2D eigenvalue weighted by molar-refractivity contribution is 0.262. The van der Waals surface area contributed by atoms with E-state index in [0.29, 0.717) is 45.8 Å². The smallest absolute Gasteiger partial charge is 0.323 e. The van der Waals surface area contributed by atoms with E-state index in [2.05, 4.69) is 20.8 Å². The fourth-order valence-corrected chi connectivity index (χ4v) is 2.94. The lowest BCUT2D eigenvalue weighted by atomic mass is 10.1. The van der Waals surface area contributed by atoms with Crippen LogP contribution in [0.25, 0.3) is 11.3 Å². The number of aryl methyl sites for hydroxylation is 1. The Morgan fingerprint density at radius 1 is 0.867 bits per heavy atom. The summed E-state index contributed by atoms with van der Waals surface area (Å²) in [5, 5.41) is 12.9. The second kappa shape index (κ2) is 9.08. The van der Waals surface area contributed by atoms with Crippen LogP contribution in [0.4, 0.5) is 16.2 Å². The van der Waals surface area contributed by atoms with E-state index in [1.54, 1.807) is 51.7 Å². The number of H-pyrrole nitrogens is 1. The molecule has 0 spiro atoms. The van der Waals surface area contributed by atoms with Gasteiger partial charge in [-0.1, -0.05) is 0 Å². The van der Waals surface area contributed by atoms with Gasteiger partial charge in [-0.3, -0.25) is 5.10 Å². The Kier molecular flexibility index (Phi) is 6.31. The van der Waals surface area contributed by atoms with Crippen LogP contribution in [0.3, 0.4) is 0 Å². The fourth-order valence-electron chi connectivity index (χ4n) is 2.94. The first-order valence-electron chi connectivity index (χ1n) is 9.08. The molecule has 0 aliphatic heterocycles. The van der Waals surface area contributed by atoms with Crippen molar-refractivity contribution in [3.8, 4) is 34.3 Å². The number of hydrogen-bond donors (Lipinski definition) is 3. The van der Waals surface area contributed by atoms with Gasteiger partial charge in [0.05, 0.1) is 45.5 Å². The van der Waals surface area contributed by atoms with Gasteiger partial charge in [-0.15, -0.1) is 0 Å². The molecule has 0 saturated carbocycles. The second-order valence-electron chi connectivity index (χ2n) is 6.29. The molecule has 9 nitrogen and oxygen atoms in total. The summed E-state index contributed by atoms with van der Waals surface area (Å²) in [6.45, 7) is 1.82. The quantitative estimate of drug-likeness (QED) is 0.540. The third-order valence-electron chi connectivity index (χ3n) is 4.50. The van der Waals surface area contributed by atoms with Crippen molar-refractivity contribution in [3.05, 3.63) is 42.1 Å². The molecule has 2 amide bonds. The first kappa shape index (κ1) is 20.8. The van der Waals surface area contributed by atoms with Crippen molar-refractivity contribution in [1.82, 2.24) is 10.2 Å². The van der Waals surface area contributed by atoms with Crippen LogP contribution >= 0.6 is 0 Å². The third-order valence-corrected chi connectivity index (χ3v) is 4.50. The molecule has 0 fully saturated rings. The van der Waals surface area contributed by atoms with E-state index >= 15 is 0 Å². The first-order chi connectivity index (χ1) is 14.5. The molecular weight excluding hydrogens is 388 g/mol. The molecule has 0 atom stereocenters. The Morgan fingerprint density at radius 3 is 2.27 bits per heavy atom. The SMILES string of the molecule is COc1ccc(NC(=O)Nc2c(-c3ccc(OC)c(OC)c3)n[nH]c2C)c(OC)c1. The predicted molar refractivity (Wildman–Crippen MR) is 114 cm³/mol. The number of nitrogens with one attached hydrogen (secondary N) is 3. The minimum atomic E-state index is -0.440. The largest absolute Gasteiger partial charge is 0.497 e. The van der Waals surface area contributed by atoms with Gasteiger partial charge in [0.2, 0.25) is 0 Å². The van der Waals surface area contributed by atoms with Crippen molar-refractivity contribution in [1.29, 1.82) is 0 Å². The van der Waals surface area contributed by atoms with Gasteiger partial charge in [0.15, 0.2) is 11.5 Å². The minimum absolute atomic E-state index is 0.440. The molecule has 3 N–H and O–H groups in total. The molecule has 0 aliphatic rings. The molecule has 30 heavy (non-hydrogen) atoms. The number of benzene rings is 2. The number of aromatic nitrogens is 2. The number of carbonyl (C=O) groups excluding carboxylic acids is 1. The maximum Gasteiger partial charge on any atom is 0.323 e. The summed E-state index contributed by atoms with van der Waals surface area (Å²) in [6, 6.07) is 10.1. The summed E-state index contributed by atoms with van der Waals surface area (Å²) in [5.41, 5.74) is 3.09. The van der Waals surface area contributed by atoms with Crippen LogP contribution in [-0.4, -0.2) is 44.7 Å². The molecule has 0 bridgehead atoms. The maximum atomic E-state index is 12.7. The number of urea groups is 1. The number of carbonyl (C=O) groups is 1. The number of nitrogens with zero attached hydrogens (tertiary/aromatic N) is 1. The van der Waals surface area contributed by atoms with Gasteiger partial charge in [0.1, 0.15) is 17.2 Å². The summed E-state index contributed by atoms with van der Waals surface area (Å²) in [6.07, 6.45) is 0. The van der Waals surface area contributed by atoms with Crippen molar-refractivity contribution in [2.24, 2.45) is 0 Å². The zero-order valence-corrected chi connectivity index (χ0v) is 17.5. The number of hydrogen-bond acceptors (Lipinski definition) is 6. The molecule has 9 heteroatoms. The number of ether oxygens (including phenoxy) is 4. The number of rotatable bonds is 7. The number of aromatic amines is 1. The Labute approximate surface area is 174 Å². The van der Waals surface area contributed by atoms with Gasteiger partial charge in [-0.05, 0) is 37.3 Å². The van der Waals surface area contributed by atoms with E-state index in [9.17, 15) is 4.79 Å². The van der Waals surface area contributed by atoms with Crippen molar-refractivity contribution in [3.63, 3.8) is 0 Å². The average molecular weight is 412 g/mol. The zero-order valence-electron chi connectivity index (χ0n) is 17.5. The van der Waals surface area contributed by atoms with Gasteiger partial charge in [0, 0.05) is 11.6 Å². The summed E-state index contributed by atoms with van der Waals surface area (Å²) < 4.78 is 21.1. The van der Waals surface area contributed by atoms with E-state index in [4.69, 9.17) is 18.9 Å². The minimum Gasteiger partial charge on any atom is -0.497 e. The van der Waals surface area contributed by atoms with Crippen molar-refractivity contribution < 1.29 is 23.7 Å². The molecule has 3 rings (SSSR count). The Morgan fingerprint density at radius 2 is 1.60 bits per heavy atom. The summed E-state index contributed by atoms with van der Waals surface area (Å²) in [5.74, 6) is 2.27. The highest BCUT2D eigenvalue weighted by Gasteiger charge is 2.18. The van der Waals surface area contributed by atoms with Crippen molar-refractivity contribution in [2.45, 2.75) is 6.92 Å². The molecule has 2 aromatic carbocycles. The van der Waals surface area contributed by atoms with E-state index < -0.39 is 6.03 Å². The van der Waals surface area contributed by atoms with E-state index in [1.165, 1.54) is 7.11 Å². The molecule has 1 heterocycles. The summed E-state index contributed by atoms with van der Waals surface area (Å²) >= 11 is 0. The van der Waals surface area contributed by atoms with Crippen LogP contribution in [0.15, 0.2) is 36.4 Å². The van der Waals surface area contributed by atoms with Crippen LogP contribution in [0.1, 0.15) is 5.69 Å². The van der Waals surface area contributed by atoms with Crippen LogP contribution < -0.4 is 29.6 Å². The van der Waals surface area contributed by atoms with E-state index in [0.717, 1.165) is 5.56 Å². The van der Waals surface area contributed by atoms with Gasteiger partial charge in [0.25, 0.3) is 0 Å². The molecule has 3 aromatic rings. The molecule has 0 aliphatic carbocycles. The molecule has 1 aromatic heterocycles. The Bertz CT molecular complexity index is 1050. The molecule has 158 valence electrons. The molecular formula is C21H24N4O5. The average Bonchev–Trinajstić information content (AvgIpc) is 3.13. The van der Waals surface area contributed by atoms with Gasteiger partial charge in [-0.25, -0.2) is 4.79 Å². The van der Waals surface area contributed by atoms with Gasteiger partial charge >= 0.3 is 6.03 Å². The Hall–Kier alpha value is -3.88. The van der Waals surface area contributed by atoms with Gasteiger partial charge in [-0.2, -0.15) is 5.10 Å². The number of anilines is 2. The van der Waals surface area contributed by atoms with Crippen LogP contribution in [0, 0.1) is 6.92 Å². The van der Waals surface area contributed by atoms with E-state index in [-0.39, 0.29) is 0 Å². The third kappa shape index (κ3) is 4.24. The summed E-state index contributed by atoms with van der Waals surface area (Å²) in [7, 11) is 6.21. The summed E-state index contributed by atoms with van der Waals surface area (Å²) in [4.78, 5) is 12.7. The Balaban J connectivity index is 1.85. The van der Waals surface area contributed by atoms with Gasteiger partial charge < -0.3 is 29.6 Å². The highest BCUT2D eigenvalue weighted by Crippen LogP contribution is 2.35. The first-order valence-corrected chi connectivity index (χ1v) is 9.08. The van der Waals surface area contributed by atoms with E-state index in [1.807, 2.05) is 13.0 Å². The fraction of sp³-hybridized carbons (Fsp3) is 0.238. The number of amides is 2. The predicted octanol–water partition coefficient (Wildman–Crippen LogP) is 4.06.